The van der Waals surface area contributed by atoms with Crippen LogP contribution in [-0.4, -0.2) is 12.1 Å². The van der Waals surface area contributed by atoms with Gasteiger partial charge in [0.05, 0.1) is 6.04 Å². The van der Waals surface area contributed by atoms with Crippen LogP contribution in [0.2, 0.25) is 0 Å². The van der Waals surface area contributed by atoms with Crippen LogP contribution in [-0.2, 0) is 4.74 Å². The number of aryl methyl sites for hydroxylation is 1. The van der Waals surface area contributed by atoms with Gasteiger partial charge in [0.1, 0.15) is 6.10 Å². The van der Waals surface area contributed by atoms with Gasteiger partial charge in [-0.05, 0) is 29.7 Å². The molecule has 4 nitrogen and oxygen atoms in total. The number of nitrogens with one attached hydrogen (secondary N) is 1. The van der Waals surface area contributed by atoms with Gasteiger partial charge in [-0.15, -0.1) is 0 Å². The lowest BCUT2D eigenvalue weighted by Crippen LogP contribution is -2.34. The molecule has 0 saturated heterocycles. The number of hydrogen-bond donors (Lipinski definition) is 2. The standard InChI is InChI=1S/C15H19N3O/c1-11-8-9-17-10-13(11)14(18-16)15(19-2)12-6-4-3-5-7-12/h3-10,14-15,18H,16H2,1-2H3. The highest BCUT2D eigenvalue weighted by atomic mass is 16.5. The Hall–Kier alpha value is -1.75. The van der Waals surface area contributed by atoms with Gasteiger partial charge < -0.3 is 4.74 Å². The fourth-order valence-electron chi connectivity index (χ4n) is 2.25. The van der Waals surface area contributed by atoms with E-state index in [1.54, 1.807) is 13.3 Å². The molecule has 1 heterocycles. The van der Waals surface area contributed by atoms with E-state index >= 15 is 0 Å². The maximum absolute atomic E-state index is 5.73. The topological polar surface area (TPSA) is 60.2 Å². The van der Waals surface area contributed by atoms with Crippen molar-refractivity contribution in [2.75, 3.05) is 7.11 Å². The maximum atomic E-state index is 5.73. The Labute approximate surface area is 113 Å². The minimum Gasteiger partial charge on any atom is -0.375 e. The minimum atomic E-state index is -0.158. The summed E-state index contributed by atoms with van der Waals surface area (Å²) in [5, 5.41) is 0. The average molecular weight is 257 g/mol. The fraction of sp³-hybridized carbons (Fsp3) is 0.267. The van der Waals surface area contributed by atoms with Crippen LogP contribution in [0.1, 0.15) is 28.8 Å². The van der Waals surface area contributed by atoms with E-state index in [4.69, 9.17) is 10.6 Å². The maximum Gasteiger partial charge on any atom is 0.103 e. The van der Waals surface area contributed by atoms with Crippen molar-refractivity contribution in [1.82, 2.24) is 10.4 Å². The normalized spacial score (nSPS) is 14.1. The Morgan fingerprint density at radius 2 is 1.95 bits per heavy atom. The van der Waals surface area contributed by atoms with Gasteiger partial charge in [-0.1, -0.05) is 30.3 Å². The highest BCUT2D eigenvalue weighted by Gasteiger charge is 2.24. The predicted octanol–water partition coefficient (Wildman–Crippen LogP) is 2.28. The van der Waals surface area contributed by atoms with Crippen molar-refractivity contribution in [2.24, 2.45) is 5.84 Å². The summed E-state index contributed by atoms with van der Waals surface area (Å²) in [7, 11) is 1.69. The Balaban J connectivity index is 2.38. The zero-order valence-corrected chi connectivity index (χ0v) is 11.2. The van der Waals surface area contributed by atoms with E-state index in [1.165, 1.54) is 0 Å². The highest BCUT2D eigenvalue weighted by Crippen LogP contribution is 2.31. The molecule has 0 saturated carbocycles. The van der Waals surface area contributed by atoms with E-state index in [-0.39, 0.29) is 12.1 Å². The monoisotopic (exact) mass is 257 g/mol. The quantitative estimate of drug-likeness (QED) is 0.637. The van der Waals surface area contributed by atoms with Crippen molar-refractivity contribution in [1.29, 1.82) is 0 Å². The molecule has 4 heteroatoms. The number of hydrogen-bond acceptors (Lipinski definition) is 4. The number of ether oxygens (including phenoxy) is 1. The molecular formula is C15H19N3O. The van der Waals surface area contributed by atoms with Gasteiger partial charge in [0, 0.05) is 19.5 Å². The van der Waals surface area contributed by atoms with Crippen LogP contribution in [0.3, 0.4) is 0 Å². The van der Waals surface area contributed by atoms with E-state index in [2.05, 4.69) is 10.4 Å². The number of nitrogens with zero attached hydrogens (tertiary/aromatic N) is 1. The summed E-state index contributed by atoms with van der Waals surface area (Å²) in [5.74, 6) is 5.73. The molecule has 1 aromatic heterocycles. The first-order valence-electron chi connectivity index (χ1n) is 6.22. The molecule has 2 unspecified atom stereocenters. The number of pyridine rings is 1. The van der Waals surface area contributed by atoms with Crippen molar-refractivity contribution in [3.05, 3.63) is 65.5 Å². The molecular weight excluding hydrogens is 238 g/mol. The SMILES string of the molecule is COC(c1ccccc1)C(NN)c1cnccc1C. The molecule has 0 fully saturated rings. The molecule has 2 rings (SSSR count). The molecule has 0 aliphatic heterocycles. The summed E-state index contributed by atoms with van der Waals surface area (Å²) in [5.41, 5.74) is 6.10. The summed E-state index contributed by atoms with van der Waals surface area (Å²) in [6.07, 6.45) is 3.44. The summed E-state index contributed by atoms with van der Waals surface area (Å²) < 4.78 is 5.63. The smallest absolute Gasteiger partial charge is 0.103 e. The van der Waals surface area contributed by atoms with Crippen molar-refractivity contribution in [3.63, 3.8) is 0 Å². The van der Waals surface area contributed by atoms with Crippen LogP contribution < -0.4 is 11.3 Å². The van der Waals surface area contributed by atoms with Crippen LogP contribution in [0, 0.1) is 6.92 Å². The first-order valence-corrected chi connectivity index (χ1v) is 6.22. The molecule has 1 aromatic carbocycles. The largest absolute Gasteiger partial charge is 0.375 e. The highest BCUT2D eigenvalue weighted by molar-refractivity contribution is 5.29. The van der Waals surface area contributed by atoms with Gasteiger partial charge in [0.25, 0.3) is 0 Å². The summed E-state index contributed by atoms with van der Waals surface area (Å²) in [4.78, 5) is 4.17. The van der Waals surface area contributed by atoms with Crippen molar-refractivity contribution < 1.29 is 4.74 Å². The Bertz CT molecular complexity index is 516. The molecule has 3 N–H and O–H groups in total. The zero-order chi connectivity index (χ0) is 13.7. The van der Waals surface area contributed by atoms with Crippen molar-refractivity contribution in [2.45, 2.75) is 19.1 Å². The van der Waals surface area contributed by atoms with Gasteiger partial charge in [-0.3, -0.25) is 10.8 Å². The second kappa shape index (κ2) is 6.43. The summed E-state index contributed by atoms with van der Waals surface area (Å²) in [6.45, 7) is 2.04. The Kier molecular flexibility index (Phi) is 4.63. The number of methoxy groups -OCH3 is 1. The lowest BCUT2D eigenvalue weighted by atomic mass is 9.94. The van der Waals surface area contributed by atoms with E-state index in [9.17, 15) is 0 Å². The average Bonchev–Trinajstić information content (AvgIpc) is 2.46. The van der Waals surface area contributed by atoms with Crippen molar-refractivity contribution in [3.8, 4) is 0 Å². The van der Waals surface area contributed by atoms with Crippen molar-refractivity contribution >= 4 is 0 Å². The molecule has 0 aliphatic carbocycles. The van der Waals surface area contributed by atoms with E-state index in [0.717, 1.165) is 16.7 Å². The first-order chi connectivity index (χ1) is 9.27. The van der Waals surface area contributed by atoms with Crippen LogP contribution in [0.4, 0.5) is 0 Å². The summed E-state index contributed by atoms with van der Waals surface area (Å²) >= 11 is 0. The van der Waals surface area contributed by atoms with Crippen LogP contribution >= 0.6 is 0 Å². The Morgan fingerprint density at radius 3 is 2.53 bits per heavy atom. The molecule has 0 aliphatic rings. The van der Waals surface area contributed by atoms with Crippen LogP contribution in [0.5, 0.6) is 0 Å². The fourth-order valence-corrected chi connectivity index (χ4v) is 2.25. The van der Waals surface area contributed by atoms with Crippen LogP contribution in [0.25, 0.3) is 0 Å². The van der Waals surface area contributed by atoms with Gasteiger partial charge >= 0.3 is 0 Å². The minimum absolute atomic E-state index is 0.138. The summed E-state index contributed by atoms with van der Waals surface area (Å²) in [6, 6.07) is 11.9. The van der Waals surface area contributed by atoms with Gasteiger partial charge in [0.2, 0.25) is 0 Å². The molecule has 0 bridgehead atoms. The Morgan fingerprint density at radius 1 is 1.21 bits per heavy atom. The molecule has 2 aromatic rings. The molecule has 19 heavy (non-hydrogen) atoms. The number of aromatic nitrogens is 1. The zero-order valence-electron chi connectivity index (χ0n) is 11.2. The third kappa shape index (κ3) is 2.98. The number of rotatable bonds is 5. The van der Waals surface area contributed by atoms with E-state index < -0.39 is 0 Å². The second-order valence-corrected chi connectivity index (χ2v) is 4.44. The van der Waals surface area contributed by atoms with Gasteiger partial charge in [-0.2, -0.15) is 0 Å². The molecule has 0 spiro atoms. The predicted molar refractivity (Wildman–Crippen MR) is 75.2 cm³/mol. The van der Waals surface area contributed by atoms with Gasteiger partial charge in [-0.25, -0.2) is 5.43 Å². The van der Waals surface area contributed by atoms with Gasteiger partial charge in [0.15, 0.2) is 0 Å². The van der Waals surface area contributed by atoms with E-state index in [0.29, 0.717) is 0 Å². The first kappa shape index (κ1) is 13.7. The molecule has 0 amide bonds. The lowest BCUT2D eigenvalue weighted by Gasteiger charge is -2.27. The third-order valence-electron chi connectivity index (χ3n) is 3.28. The number of hydrazine groups is 1. The number of nitrogens with two attached hydrogens (primary N) is 1. The molecule has 100 valence electrons. The van der Waals surface area contributed by atoms with E-state index in [1.807, 2.05) is 49.5 Å². The second-order valence-electron chi connectivity index (χ2n) is 4.44. The number of benzene rings is 1. The lowest BCUT2D eigenvalue weighted by molar-refractivity contribution is 0.0673. The van der Waals surface area contributed by atoms with Crippen LogP contribution in [0.15, 0.2) is 48.8 Å². The molecule has 0 radical (unpaired) electrons. The third-order valence-corrected chi connectivity index (χ3v) is 3.28. The molecule has 2 atom stereocenters.